The Morgan fingerprint density at radius 1 is 0.927 bits per heavy atom. The number of nitrogens with zero attached hydrogens (tertiary/aromatic N) is 4. The lowest BCUT2D eigenvalue weighted by Gasteiger charge is -2.32. The molecule has 1 aliphatic heterocycles. The molecule has 1 aliphatic carbocycles. The van der Waals surface area contributed by atoms with Gasteiger partial charge in [0.25, 0.3) is 5.56 Å². The van der Waals surface area contributed by atoms with E-state index in [9.17, 15) is 18.0 Å². The van der Waals surface area contributed by atoms with Crippen LogP contribution in [0.15, 0.2) is 71.7 Å². The van der Waals surface area contributed by atoms with Crippen LogP contribution in [-0.4, -0.2) is 40.2 Å². The SMILES string of the molecule is O=c1cc(-c2ccc(C(F)(F)F)cc2)c2cnc(N3CCC(NCCc4ccccc4)CC3)nc2n1C1CCCC1. The fourth-order valence-corrected chi connectivity index (χ4v) is 6.21. The second-order valence-electron chi connectivity index (χ2n) is 11.1. The average Bonchev–Trinajstić information content (AvgIpc) is 3.51. The van der Waals surface area contributed by atoms with Crippen molar-refractivity contribution in [1.29, 1.82) is 0 Å². The van der Waals surface area contributed by atoms with E-state index in [1.54, 1.807) is 10.8 Å². The molecule has 9 heteroatoms. The van der Waals surface area contributed by atoms with Crippen molar-refractivity contribution < 1.29 is 13.2 Å². The Kier molecular flexibility index (Phi) is 7.79. The van der Waals surface area contributed by atoms with E-state index < -0.39 is 11.7 Å². The molecule has 0 spiro atoms. The molecule has 4 aromatic rings. The molecule has 6 rings (SSSR count). The third-order valence-corrected chi connectivity index (χ3v) is 8.46. The molecule has 2 fully saturated rings. The van der Waals surface area contributed by atoms with Gasteiger partial charge in [-0.3, -0.25) is 9.36 Å². The molecular weight excluding hydrogens is 527 g/mol. The molecule has 2 aliphatic rings. The van der Waals surface area contributed by atoms with Gasteiger partial charge in [0, 0.05) is 42.8 Å². The number of halogens is 3. The van der Waals surface area contributed by atoms with Gasteiger partial charge in [0.1, 0.15) is 5.65 Å². The lowest BCUT2D eigenvalue weighted by molar-refractivity contribution is -0.137. The zero-order valence-electron chi connectivity index (χ0n) is 22.9. The summed E-state index contributed by atoms with van der Waals surface area (Å²) in [5.41, 5.74) is 2.09. The van der Waals surface area contributed by atoms with Gasteiger partial charge in [-0.25, -0.2) is 4.98 Å². The minimum Gasteiger partial charge on any atom is -0.341 e. The molecule has 1 N–H and O–H groups in total. The van der Waals surface area contributed by atoms with Crippen LogP contribution in [0.4, 0.5) is 19.1 Å². The maximum Gasteiger partial charge on any atom is 0.416 e. The van der Waals surface area contributed by atoms with Crippen LogP contribution in [0.3, 0.4) is 0 Å². The lowest BCUT2D eigenvalue weighted by Crippen LogP contribution is -2.43. The van der Waals surface area contributed by atoms with E-state index >= 15 is 0 Å². The molecule has 1 saturated heterocycles. The van der Waals surface area contributed by atoms with Gasteiger partial charge in [0.15, 0.2) is 0 Å². The van der Waals surface area contributed by atoms with Gasteiger partial charge in [0.05, 0.1) is 5.56 Å². The number of aromatic nitrogens is 3. The molecule has 0 bridgehead atoms. The van der Waals surface area contributed by atoms with Gasteiger partial charge in [-0.2, -0.15) is 18.2 Å². The van der Waals surface area contributed by atoms with Crippen molar-refractivity contribution in [1.82, 2.24) is 19.9 Å². The first-order valence-electron chi connectivity index (χ1n) is 14.5. The first-order chi connectivity index (χ1) is 19.9. The molecule has 0 atom stereocenters. The van der Waals surface area contributed by atoms with Crippen LogP contribution in [0.2, 0.25) is 0 Å². The van der Waals surface area contributed by atoms with Crippen molar-refractivity contribution in [3.8, 4) is 11.1 Å². The van der Waals surface area contributed by atoms with E-state index in [0.29, 0.717) is 34.2 Å². The van der Waals surface area contributed by atoms with Crippen molar-refractivity contribution in [3.05, 3.63) is 88.3 Å². The van der Waals surface area contributed by atoms with E-state index in [1.807, 2.05) is 6.07 Å². The number of alkyl halides is 3. The quantitative estimate of drug-likeness (QED) is 0.283. The summed E-state index contributed by atoms with van der Waals surface area (Å²) in [5.74, 6) is 0.593. The predicted octanol–water partition coefficient (Wildman–Crippen LogP) is 6.39. The van der Waals surface area contributed by atoms with E-state index in [-0.39, 0.29) is 11.6 Å². The maximum atomic E-state index is 13.5. The van der Waals surface area contributed by atoms with Crippen LogP contribution >= 0.6 is 0 Å². The Morgan fingerprint density at radius 3 is 2.32 bits per heavy atom. The first-order valence-corrected chi connectivity index (χ1v) is 14.5. The Morgan fingerprint density at radius 2 is 1.63 bits per heavy atom. The van der Waals surface area contributed by atoms with Crippen molar-refractivity contribution in [2.45, 2.75) is 63.2 Å². The fraction of sp³-hybridized carbons (Fsp3) is 0.406. The highest BCUT2D eigenvalue weighted by molar-refractivity contribution is 5.92. The van der Waals surface area contributed by atoms with Crippen molar-refractivity contribution >= 4 is 17.0 Å². The molecule has 3 heterocycles. The number of rotatable bonds is 7. The lowest BCUT2D eigenvalue weighted by atomic mass is 10.0. The number of piperidine rings is 1. The fourth-order valence-electron chi connectivity index (χ4n) is 6.21. The second-order valence-corrected chi connectivity index (χ2v) is 11.1. The Balaban J connectivity index is 1.25. The summed E-state index contributed by atoms with van der Waals surface area (Å²) in [4.78, 5) is 25.3. The summed E-state index contributed by atoms with van der Waals surface area (Å²) in [6.07, 6.45) is 4.18. The molecule has 214 valence electrons. The Bertz CT molecular complexity index is 1540. The monoisotopic (exact) mass is 561 g/mol. The summed E-state index contributed by atoms with van der Waals surface area (Å²) in [7, 11) is 0. The van der Waals surface area contributed by atoms with E-state index in [4.69, 9.17) is 9.97 Å². The van der Waals surface area contributed by atoms with Gasteiger partial charge in [0.2, 0.25) is 5.95 Å². The van der Waals surface area contributed by atoms with Crippen LogP contribution in [-0.2, 0) is 12.6 Å². The number of benzene rings is 2. The number of hydrogen-bond acceptors (Lipinski definition) is 5. The summed E-state index contributed by atoms with van der Waals surface area (Å²) in [6, 6.07) is 17.4. The van der Waals surface area contributed by atoms with Gasteiger partial charge in [-0.05, 0) is 67.5 Å². The highest BCUT2D eigenvalue weighted by atomic mass is 19.4. The minimum atomic E-state index is -4.42. The number of nitrogens with one attached hydrogen (secondary N) is 1. The highest BCUT2D eigenvalue weighted by Crippen LogP contribution is 2.35. The average molecular weight is 562 g/mol. The van der Waals surface area contributed by atoms with Crippen LogP contribution < -0.4 is 15.8 Å². The van der Waals surface area contributed by atoms with Crippen LogP contribution in [0.25, 0.3) is 22.2 Å². The number of anilines is 1. The molecule has 0 radical (unpaired) electrons. The number of fused-ring (bicyclic) bond motifs is 1. The zero-order valence-corrected chi connectivity index (χ0v) is 22.9. The molecule has 2 aromatic carbocycles. The summed E-state index contributed by atoms with van der Waals surface area (Å²) >= 11 is 0. The smallest absolute Gasteiger partial charge is 0.341 e. The van der Waals surface area contributed by atoms with Gasteiger partial charge in [-0.15, -0.1) is 0 Å². The largest absolute Gasteiger partial charge is 0.416 e. The summed E-state index contributed by atoms with van der Waals surface area (Å²) in [6.45, 7) is 2.54. The van der Waals surface area contributed by atoms with E-state index in [2.05, 4.69) is 34.5 Å². The van der Waals surface area contributed by atoms with Crippen LogP contribution in [0.5, 0.6) is 0 Å². The van der Waals surface area contributed by atoms with E-state index in [1.165, 1.54) is 23.8 Å². The van der Waals surface area contributed by atoms with Crippen molar-refractivity contribution in [3.63, 3.8) is 0 Å². The van der Waals surface area contributed by atoms with E-state index in [0.717, 1.165) is 76.7 Å². The Labute approximate surface area is 237 Å². The Hall–Kier alpha value is -3.72. The van der Waals surface area contributed by atoms with Crippen LogP contribution in [0.1, 0.15) is 55.7 Å². The highest BCUT2D eigenvalue weighted by Gasteiger charge is 2.30. The molecule has 2 aromatic heterocycles. The van der Waals surface area contributed by atoms with Gasteiger partial charge >= 0.3 is 6.18 Å². The predicted molar refractivity (Wildman–Crippen MR) is 155 cm³/mol. The van der Waals surface area contributed by atoms with Gasteiger partial charge < -0.3 is 10.2 Å². The summed E-state index contributed by atoms with van der Waals surface area (Å²) < 4.78 is 41.3. The standard InChI is InChI=1S/C32H34F3N5O/c33-32(34,35)24-12-10-23(11-13-24)27-20-29(41)40(26-8-4-5-9-26)30-28(27)21-37-31(38-30)39-18-15-25(16-19-39)36-17-14-22-6-2-1-3-7-22/h1-3,6-7,10-13,20-21,25-26,36H,4-5,8-9,14-19H2. The third-order valence-electron chi connectivity index (χ3n) is 8.46. The topological polar surface area (TPSA) is 63.1 Å². The normalized spacial score (nSPS) is 17.0. The minimum absolute atomic E-state index is 0.0638. The number of hydrogen-bond donors (Lipinski definition) is 1. The maximum absolute atomic E-state index is 13.5. The first kappa shape index (κ1) is 27.4. The van der Waals surface area contributed by atoms with Crippen molar-refractivity contribution in [2.24, 2.45) is 0 Å². The van der Waals surface area contributed by atoms with Crippen molar-refractivity contribution in [2.75, 3.05) is 24.5 Å². The molecule has 41 heavy (non-hydrogen) atoms. The molecule has 0 unspecified atom stereocenters. The molecular formula is C32H34F3N5O. The van der Waals surface area contributed by atoms with Gasteiger partial charge in [-0.1, -0.05) is 55.3 Å². The summed E-state index contributed by atoms with van der Waals surface area (Å²) in [5, 5.41) is 4.36. The third kappa shape index (κ3) is 6.00. The second kappa shape index (κ2) is 11.6. The molecule has 6 nitrogen and oxygen atoms in total. The number of pyridine rings is 1. The molecule has 1 saturated carbocycles. The zero-order chi connectivity index (χ0) is 28.4. The van der Waals surface area contributed by atoms with Crippen LogP contribution in [0, 0.1) is 0 Å². The molecule has 0 amide bonds.